The summed E-state index contributed by atoms with van der Waals surface area (Å²) in [5, 5.41) is 6.03. The van der Waals surface area contributed by atoms with Crippen molar-refractivity contribution in [2.45, 2.75) is 88.2 Å². The van der Waals surface area contributed by atoms with Crippen LogP contribution in [0.25, 0.3) is 0 Å². The standard InChI is InChI=1S/C49H50N8O6/c58-41(27-32-19-20-32)54-43(34-11-3-1-4-12-34)48(60)56-25-9-17-40(56)46-51-29-38(53-46)24-21-33-30-62-42(63-31-33)18-8-7-15-37-28-50-45(52-37)39-16-10-26-57(39)49(61)44(35-13-5-2-6-14-35)55-47(59)36-22-23-36/h1-6,11-14,28-29,32-33,36,39-40,42-44H,9-10,16-17,19-20,22-23,25-27,30-31H2,(H,50,52)(H,51,53)(H,54,58)(H,55,59)/t33?,39-,40-,42?,43-,44-/m0/s1. The lowest BCUT2D eigenvalue weighted by Crippen LogP contribution is -2.43. The van der Waals surface area contributed by atoms with E-state index in [0.717, 1.165) is 62.5 Å². The van der Waals surface area contributed by atoms with Gasteiger partial charge in [0.15, 0.2) is 0 Å². The Balaban J connectivity index is 0.764. The molecule has 2 aromatic heterocycles. The minimum atomic E-state index is -0.759. The second-order valence-corrected chi connectivity index (χ2v) is 16.9. The summed E-state index contributed by atoms with van der Waals surface area (Å²) in [6.07, 6.45) is 10.0. The Kier molecular flexibility index (Phi) is 12.7. The van der Waals surface area contributed by atoms with Crippen molar-refractivity contribution in [2.75, 3.05) is 26.3 Å². The van der Waals surface area contributed by atoms with Gasteiger partial charge in [0.05, 0.1) is 43.6 Å². The molecule has 4 atom stereocenters. The van der Waals surface area contributed by atoms with E-state index in [-0.39, 0.29) is 47.5 Å². The van der Waals surface area contributed by atoms with Crippen molar-refractivity contribution in [3.8, 4) is 35.5 Å². The number of carbonyl (C=O) groups is 4. The molecule has 2 aromatic carbocycles. The molecular formula is C49H50N8O6. The number of ether oxygens (including phenoxy) is 2. The summed E-state index contributed by atoms with van der Waals surface area (Å²) in [6, 6.07) is 16.8. The van der Waals surface area contributed by atoms with Crippen LogP contribution in [0.5, 0.6) is 0 Å². The monoisotopic (exact) mass is 846 g/mol. The van der Waals surface area contributed by atoms with E-state index >= 15 is 0 Å². The van der Waals surface area contributed by atoms with Crippen molar-refractivity contribution >= 4 is 23.6 Å². The molecule has 0 spiro atoms. The number of amides is 4. The molecule has 4 aromatic rings. The fourth-order valence-corrected chi connectivity index (χ4v) is 8.42. The van der Waals surface area contributed by atoms with Gasteiger partial charge in [0.2, 0.25) is 29.9 Å². The first-order valence-electron chi connectivity index (χ1n) is 22.0. The Bertz CT molecular complexity index is 2490. The van der Waals surface area contributed by atoms with Gasteiger partial charge in [-0.25, -0.2) is 9.97 Å². The summed E-state index contributed by atoms with van der Waals surface area (Å²) >= 11 is 0. The van der Waals surface area contributed by atoms with Gasteiger partial charge in [-0.2, -0.15) is 0 Å². The van der Waals surface area contributed by atoms with Crippen LogP contribution in [0.15, 0.2) is 73.1 Å². The molecule has 5 aliphatic rings. The molecule has 5 heterocycles. The molecule has 0 bridgehead atoms. The molecule has 0 unspecified atom stereocenters. The Morgan fingerprint density at radius 3 is 1.79 bits per heavy atom. The summed E-state index contributed by atoms with van der Waals surface area (Å²) < 4.78 is 11.6. The minimum Gasteiger partial charge on any atom is -0.341 e. The Labute approximate surface area is 366 Å². The van der Waals surface area contributed by atoms with Gasteiger partial charge < -0.3 is 39.9 Å². The van der Waals surface area contributed by atoms with Gasteiger partial charge in [-0.1, -0.05) is 66.6 Å². The number of nitrogens with one attached hydrogen (secondary N) is 4. The first kappa shape index (κ1) is 41.7. The van der Waals surface area contributed by atoms with Crippen LogP contribution in [0.2, 0.25) is 0 Å². The lowest BCUT2D eigenvalue weighted by atomic mass is 10.0. The zero-order valence-electron chi connectivity index (χ0n) is 35.0. The highest BCUT2D eigenvalue weighted by molar-refractivity contribution is 5.91. The molecule has 3 saturated heterocycles. The van der Waals surface area contributed by atoms with Gasteiger partial charge in [0, 0.05) is 25.4 Å². The number of likely N-dealkylation sites (tertiary alicyclic amines) is 2. The number of hydrogen-bond donors (Lipinski definition) is 4. The molecule has 0 radical (unpaired) electrons. The van der Waals surface area contributed by atoms with Gasteiger partial charge in [0.25, 0.3) is 0 Å². The number of rotatable bonds is 11. The van der Waals surface area contributed by atoms with Crippen LogP contribution in [-0.4, -0.2) is 86.0 Å². The molecule has 2 saturated carbocycles. The molecule has 4 amide bonds. The third kappa shape index (κ3) is 10.3. The van der Waals surface area contributed by atoms with Gasteiger partial charge in [-0.3, -0.25) is 19.2 Å². The van der Waals surface area contributed by atoms with Crippen molar-refractivity contribution in [1.29, 1.82) is 0 Å². The predicted octanol–water partition coefficient (Wildman–Crippen LogP) is 4.78. The molecule has 14 heteroatoms. The summed E-state index contributed by atoms with van der Waals surface area (Å²) in [7, 11) is 0. The van der Waals surface area contributed by atoms with Crippen LogP contribution in [-0.2, 0) is 28.7 Å². The molecule has 9 rings (SSSR count). The maximum absolute atomic E-state index is 14.0. The van der Waals surface area contributed by atoms with Crippen LogP contribution < -0.4 is 10.6 Å². The molecule has 14 nitrogen and oxygen atoms in total. The van der Waals surface area contributed by atoms with E-state index < -0.39 is 18.4 Å². The molecule has 5 fully saturated rings. The van der Waals surface area contributed by atoms with E-state index in [1.165, 1.54) is 0 Å². The maximum Gasteiger partial charge on any atom is 0.250 e. The van der Waals surface area contributed by atoms with Gasteiger partial charge >= 0.3 is 0 Å². The van der Waals surface area contributed by atoms with Crippen LogP contribution >= 0.6 is 0 Å². The van der Waals surface area contributed by atoms with Gasteiger partial charge in [-0.05, 0) is 98.0 Å². The van der Waals surface area contributed by atoms with Crippen LogP contribution in [0.4, 0.5) is 0 Å². The summed E-state index contributed by atoms with van der Waals surface area (Å²) in [5.74, 6) is 19.0. The van der Waals surface area contributed by atoms with E-state index in [1.54, 1.807) is 17.3 Å². The van der Waals surface area contributed by atoms with Crippen LogP contribution in [0.1, 0.15) is 116 Å². The van der Waals surface area contributed by atoms with Gasteiger partial charge in [-0.15, -0.1) is 0 Å². The topological polar surface area (TPSA) is 175 Å². The van der Waals surface area contributed by atoms with Crippen LogP contribution in [0, 0.1) is 53.3 Å². The van der Waals surface area contributed by atoms with E-state index in [0.29, 0.717) is 61.7 Å². The average molecular weight is 847 g/mol. The molecule has 63 heavy (non-hydrogen) atoms. The Morgan fingerprint density at radius 1 is 0.683 bits per heavy atom. The van der Waals surface area contributed by atoms with Crippen LogP contribution in [0.3, 0.4) is 0 Å². The Hall–Kier alpha value is -6.66. The number of nitrogens with zero attached hydrogens (tertiary/aromatic N) is 4. The number of aromatic amines is 2. The van der Waals surface area contributed by atoms with Gasteiger partial charge in [0.1, 0.15) is 35.1 Å². The van der Waals surface area contributed by atoms with E-state index in [1.807, 2.05) is 65.6 Å². The highest BCUT2D eigenvalue weighted by Gasteiger charge is 2.40. The van der Waals surface area contributed by atoms with E-state index in [4.69, 9.17) is 9.47 Å². The number of hydrogen-bond acceptors (Lipinski definition) is 8. The first-order chi connectivity index (χ1) is 30.9. The number of benzene rings is 2. The molecule has 322 valence electrons. The van der Waals surface area contributed by atoms with Crippen molar-refractivity contribution in [3.63, 3.8) is 0 Å². The number of H-pyrrole nitrogens is 2. The fraction of sp³-hybridized carbons (Fsp3) is 0.429. The van der Waals surface area contributed by atoms with Crippen molar-refractivity contribution in [1.82, 2.24) is 40.4 Å². The summed E-state index contributed by atoms with van der Waals surface area (Å²) in [5.41, 5.74) is 2.72. The highest BCUT2D eigenvalue weighted by atomic mass is 16.7. The van der Waals surface area contributed by atoms with E-state index in [2.05, 4.69) is 66.1 Å². The van der Waals surface area contributed by atoms with Crippen molar-refractivity contribution in [2.24, 2.45) is 17.8 Å². The number of aromatic nitrogens is 4. The molecular weight excluding hydrogens is 797 g/mol. The maximum atomic E-state index is 14.0. The average Bonchev–Trinajstić information content (AvgIpc) is 4.03. The Morgan fingerprint density at radius 2 is 1.24 bits per heavy atom. The summed E-state index contributed by atoms with van der Waals surface area (Å²) in [4.78, 5) is 72.9. The first-order valence-corrected chi connectivity index (χ1v) is 22.0. The normalized spacial score (nSPS) is 22.6. The fourth-order valence-electron chi connectivity index (χ4n) is 8.42. The molecule has 3 aliphatic heterocycles. The molecule has 2 aliphatic carbocycles. The van der Waals surface area contributed by atoms with E-state index in [9.17, 15) is 19.2 Å². The largest absolute Gasteiger partial charge is 0.341 e. The SMILES string of the molecule is O=C(CC1CC1)N[C@H](C(=O)N1CCC[C@H]1c1ncc(C#CC2COC(C#CC#Cc3cnc([C@@H]4CCCN4C(=O)[C@@H](NC(=O)C4CC4)c4ccccc4)[nH]3)OC2)[nH]1)c1ccccc1. The minimum absolute atomic E-state index is 0.0148. The number of imidazole rings is 2. The highest BCUT2D eigenvalue weighted by Crippen LogP contribution is 2.36. The zero-order valence-corrected chi connectivity index (χ0v) is 35.0. The smallest absolute Gasteiger partial charge is 0.250 e. The zero-order chi connectivity index (χ0) is 43.1. The quantitative estimate of drug-likeness (QED) is 0.156. The number of carbonyl (C=O) groups excluding carboxylic acids is 4. The second-order valence-electron chi connectivity index (χ2n) is 16.9. The van der Waals surface area contributed by atoms with Crippen molar-refractivity contribution in [3.05, 3.63) is 107 Å². The lowest BCUT2D eigenvalue weighted by Gasteiger charge is -2.28. The third-order valence-electron chi connectivity index (χ3n) is 12.1. The second kappa shape index (κ2) is 19.2. The summed E-state index contributed by atoms with van der Waals surface area (Å²) in [6.45, 7) is 1.80. The third-order valence-corrected chi connectivity index (χ3v) is 12.1. The van der Waals surface area contributed by atoms with Crippen molar-refractivity contribution < 1.29 is 28.7 Å². The lowest BCUT2D eigenvalue weighted by molar-refractivity contribution is -0.158. The molecule has 4 N–H and O–H groups in total. The predicted molar refractivity (Wildman–Crippen MR) is 230 cm³/mol.